The fraction of sp³-hybridized carbons (Fsp3) is 0.316. The molecule has 1 saturated heterocycles. The van der Waals surface area contributed by atoms with E-state index in [1.165, 1.54) is 6.39 Å². The summed E-state index contributed by atoms with van der Waals surface area (Å²) in [5.74, 6) is 1.59. The lowest BCUT2D eigenvalue weighted by Crippen LogP contribution is -2.42. The van der Waals surface area contributed by atoms with Crippen LogP contribution in [0.25, 0.3) is 11.3 Å². The van der Waals surface area contributed by atoms with E-state index in [4.69, 9.17) is 13.7 Å². The third-order valence-electron chi connectivity index (χ3n) is 4.49. The van der Waals surface area contributed by atoms with Crippen LogP contribution in [0.1, 0.15) is 11.5 Å². The molecule has 8 nitrogen and oxygen atoms in total. The number of anilines is 1. The van der Waals surface area contributed by atoms with E-state index in [1.807, 2.05) is 37.3 Å². The summed E-state index contributed by atoms with van der Waals surface area (Å²) < 4.78 is 16.1. The van der Waals surface area contributed by atoms with E-state index < -0.39 is 0 Å². The molecule has 1 fully saturated rings. The molecule has 0 aliphatic carbocycles. The van der Waals surface area contributed by atoms with E-state index in [0.29, 0.717) is 31.1 Å². The van der Waals surface area contributed by atoms with Gasteiger partial charge in [-0.2, -0.15) is 0 Å². The van der Waals surface area contributed by atoms with Gasteiger partial charge in [0.2, 0.25) is 0 Å². The van der Waals surface area contributed by atoms with Gasteiger partial charge in [0.05, 0.1) is 31.1 Å². The Morgan fingerprint density at radius 1 is 1.30 bits per heavy atom. The van der Waals surface area contributed by atoms with Gasteiger partial charge in [-0.3, -0.25) is 0 Å². The van der Waals surface area contributed by atoms with Gasteiger partial charge in [0.1, 0.15) is 5.76 Å². The van der Waals surface area contributed by atoms with E-state index in [-0.39, 0.29) is 18.0 Å². The first-order valence-corrected chi connectivity index (χ1v) is 8.74. The van der Waals surface area contributed by atoms with Crippen molar-refractivity contribution >= 4 is 11.7 Å². The summed E-state index contributed by atoms with van der Waals surface area (Å²) in [6.07, 6.45) is 3.68. The second-order valence-electron chi connectivity index (χ2n) is 6.59. The zero-order chi connectivity index (χ0) is 18.6. The van der Waals surface area contributed by atoms with Crippen molar-refractivity contribution < 1.29 is 18.5 Å². The van der Waals surface area contributed by atoms with Crippen molar-refractivity contribution in [2.75, 3.05) is 18.5 Å². The van der Waals surface area contributed by atoms with Crippen LogP contribution >= 0.6 is 0 Å². The molecule has 1 aliphatic heterocycles. The predicted molar refractivity (Wildman–Crippen MR) is 97.1 cm³/mol. The summed E-state index contributed by atoms with van der Waals surface area (Å²) in [7, 11) is 0. The van der Waals surface area contributed by atoms with Gasteiger partial charge in [-0.25, -0.2) is 9.78 Å². The number of aromatic nitrogens is 2. The Morgan fingerprint density at radius 2 is 2.22 bits per heavy atom. The molecule has 0 spiro atoms. The van der Waals surface area contributed by atoms with Crippen LogP contribution in [-0.4, -0.2) is 35.4 Å². The molecule has 2 N–H and O–H groups in total. The SMILES string of the molecule is Cc1cc(C[C@@H]2COC[C@@H]2NC(=O)Nc2cccc(-c3cnco3)c2)on1. The molecule has 0 radical (unpaired) electrons. The summed E-state index contributed by atoms with van der Waals surface area (Å²) in [6, 6.07) is 8.93. The van der Waals surface area contributed by atoms with Crippen LogP contribution in [0.3, 0.4) is 0 Å². The highest BCUT2D eigenvalue weighted by molar-refractivity contribution is 5.90. The highest BCUT2D eigenvalue weighted by Crippen LogP contribution is 2.23. The van der Waals surface area contributed by atoms with Gasteiger partial charge in [0.15, 0.2) is 12.2 Å². The number of aryl methyl sites for hydroxylation is 1. The van der Waals surface area contributed by atoms with Gasteiger partial charge in [-0.05, 0) is 19.1 Å². The molecule has 27 heavy (non-hydrogen) atoms. The normalized spacial score (nSPS) is 19.1. The monoisotopic (exact) mass is 368 g/mol. The number of benzene rings is 1. The number of hydrogen-bond donors (Lipinski definition) is 2. The number of carbonyl (C=O) groups is 1. The van der Waals surface area contributed by atoms with E-state index in [9.17, 15) is 4.79 Å². The van der Waals surface area contributed by atoms with Crippen molar-refractivity contribution in [1.29, 1.82) is 0 Å². The van der Waals surface area contributed by atoms with E-state index in [1.54, 1.807) is 6.20 Å². The molecule has 2 atom stereocenters. The largest absolute Gasteiger partial charge is 0.444 e. The quantitative estimate of drug-likeness (QED) is 0.718. The minimum Gasteiger partial charge on any atom is -0.444 e. The maximum atomic E-state index is 12.4. The molecule has 2 amide bonds. The van der Waals surface area contributed by atoms with Crippen molar-refractivity contribution in [2.45, 2.75) is 19.4 Å². The standard InChI is InChI=1S/C19H20N4O4/c1-12-5-16(27-23-12)7-14-9-25-10-17(14)22-19(24)21-15-4-2-3-13(6-15)18-8-20-11-26-18/h2-6,8,11,14,17H,7,9-10H2,1H3,(H2,21,22,24)/t14-,17+/m1/s1. The highest BCUT2D eigenvalue weighted by atomic mass is 16.5. The number of carbonyl (C=O) groups excluding carboxylic acids is 1. The predicted octanol–water partition coefficient (Wildman–Crippen LogP) is 3.02. The Kier molecular flexibility index (Phi) is 4.88. The van der Waals surface area contributed by atoms with Crippen LogP contribution in [-0.2, 0) is 11.2 Å². The smallest absolute Gasteiger partial charge is 0.319 e. The number of hydrogen-bond acceptors (Lipinski definition) is 6. The fourth-order valence-corrected chi connectivity index (χ4v) is 3.17. The number of urea groups is 1. The molecular weight excluding hydrogens is 348 g/mol. The topological polar surface area (TPSA) is 102 Å². The molecule has 8 heteroatoms. The number of nitrogens with one attached hydrogen (secondary N) is 2. The lowest BCUT2D eigenvalue weighted by Gasteiger charge is -2.18. The third-order valence-corrected chi connectivity index (χ3v) is 4.49. The number of rotatable bonds is 5. The Bertz CT molecular complexity index is 906. The average molecular weight is 368 g/mol. The van der Waals surface area contributed by atoms with Crippen molar-refractivity contribution in [3.8, 4) is 11.3 Å². The first-order valence-electron chi connectivity index (χ1n) is 8.74. The number of oxazole rings is 1. The summed E-state index contributed by atoms with van der Waals surface area (Å²) in [4.78, 5) is 16.3. The maximum absolute atomic E-state index is 12.4. The van der Waals surface area contributed by atoms with Crippen LogP contribution in [0.15, 0.2) is 51.9 Å². The minimum atomic E-state index is -0.279. The van der Waals surface area contributed by atoms with Crippen LogP contribution in [0.2, 0.25) is 0 Å². The van der Waals surface area contributed by atoms with Gasteiger partial charge >= 0.3 is 6.03 Å². The number of amides is 2. The molecule has 4 rings (SSSR count). The number of nitrogens with zero attached hydrogens (tertiary/aromatic N) is 2. The Morgan fingerprint density at radius 3 is 3.00 bits per heavy atom. The molecule has 1 aromatic carbocycles. The average Bonchev–Trinajstić information content (AvgIpc) is 3.39. The van der Waals surface area contributed by atoms with Crippen molar-refractivity contribution in [2.24, 2.45) is 5.92 Å². The van der Waals surface area contributed by atoms with E-state index in [0.717, 1.165) is 17.0 Å². The minimum absolute atomic E-state index is 0.0899. The molecule has 1 aliphatic rings. The molecule has 140 valence electrons. The molecule has 2 aromatic heterocycles. The lowest BCUT2D eigenvalue weighted by atomic mass is 9.98. The Labute approximate surface area is 155 Å². The van der Waals surface area contributed by atoms with Crippen molar-refractivity contribution in [3.63, 3.8) is 0 Å². The highest BCUT2D eigenvalue weighted by Gasteiger charge is 2.30. The zero-order valence-corrected chi connectivity index (χ0v) is 14.8. The van der Waals surface area contributed by atoms with Crippen LogP contribution in [0, 0.1) is 12.8 Å². The second-order valence-corrected chi connectivity index (χ2v) is 6.59. The maximum Gasteiger partial charge on any atom is 0.319 e. The molecule has 0 unspecified atom stereocenters. The number of ether oxygens (including phenoxy) is 1. The van der Waals surface area contributed by atoms with Crippen LogP contribution < -0.4 is 10.6 Å². The van der Waals surface area contributed by atoms with Gasteiger partial charge in [-0.15, -0.1) is 0 Å². The van der Waals surface area contributed by atoms with Gasteiger partial charge in [-0.1, -0.05) is 17.3 Å². The fourth-order valence-electron chi connectivity index (χ4n) is 3.17. The Hall–Kier alpha value is -3.13. The van der Waals surface area contributed by atoms with Crippen LogP contribution in [0.4, 0.5) is 10.5 Å². The first-order chi connectivity index (χ1) is 13.2. The zero-order valence-electron chi connectivity index (χ0n) is 14.8. The van der Waals surface area contributed by atoms with Crippen molar-refractivity contribution in [1.82, 2.24) is 15.5 Å². The summed E-state index contributed by atoms with van der Waals surface area (Å²) >= 11 is 0. The molecular formula is C19H20N4O4. The third kappa shape index (κ3) is 4.17. The molecule has 0 bridgehead atoms. The summed E-state index contributed by atoms with van der Waals surface area (Å²) in [6.45, 7) is 2.93. The second kappa shape index (κ2) is 7.63. The van der Waals surface area contributed by atoms with Crippen LogP contribution in [0.5, 0.6) is 0 Å². The summed E-state index contributed by atoms with van der Waals surface area (Å²) in [5, 5.41) is 9.74. The summed E-state index contributed by atoms with van der Waals surface area (Å²) in [5.41, 5.74) is 2.36. The van der Waals surface area contributed by atoms with E-state index in [2.05, 4.69) is 20.8 Å². The Balaban J connectivity index is 1.36. The van der Waals surface area contributed by atoms with Gasteiger partial charge in [0, 0.05) is 29.7 Å². The molecule has 0 saturated carbocycles. The van der Waals surface area contributed by atoms with Gasteiger partial charge < -0.3 is 24.3 Å². The molecule has 3 aromatic rings. The van der Waals surface area contributed by atoms with Crippen molar-refractivity contribution in [3.05, 3.63) is 54.4 Å². The van der Waals surface area contributed by atoms with E-state index >= 15 is 0 Å². The van der Waals surface area contributed by atoms with Gasteiger partial charge in [0.25, 0.3) is 0 Å². The molecule has 3 heterocycles. The first kappa shape index (κ1) is 17.3. The lowest BCUT2D eigenvalue weighted by molar-refractivity contribution is 0.181.